The molecule has 2 heterocycles. The third-order valence-corrected chi connectivity index (χ3v) is 7.81. The summed E-state index contributed by atoms with van der Waals surface area (Å²) in [7, 11) is 1.65. The van der Waals surface area contributed by atoms with E-state index < -0.39 is 0 Å². The van der Waals surface area contributed by atoms with E-state index >= 15 is 0 Å². The van der Waals surface area contributed by atoms with E-state index in [1.165, 1.54) is 11.8 Å². The van der Waals surface area contributed by atoms with Crippen LogP contribution in [0.4, 0.5) is 0 Å². The Bertz CT molecular complexity index is 944. The highest BCUT2D eigenvalue weighted by Crippen LogP contribution is 2.34. The van der Waals surface area contributed by atoms with Crippen molar-refractivity contribution in [2.75, 3.05) is 37.5 Å². The minimum atomic E-state index is -0.130. The summed E-state index contributed by atoms with van der Waals surface area (Å²) in [6.45, 7) is 1.92. The number of carbonyl (C=O) groups is 1. The zero-order valence-electron chi connectivity index (χ0n) is 17.4. The average molecular weight is 472 g/mol. The van der Waals surface area contributed by atoms with Gasteiger partial charge in [-0.15, -0.1) is 0 Å². The van der Waals surface area contributed by atoms with Crippen LogP contribution in [-0.2, 0) is 4.79 Å². The first-order valence-corrected chi connectivity index (χ1v) is 12.8. The van der Waals surface area contributed by atoms with Crippen molar-refractivity contribution in [2.45, 2.75) is 12.5 Å². The van der Waals surface area contributed by atoms with Crippen LogP contribution in [0.25, 0.3) is 0 Å². The molecule has 5 nitrogen and oxygen atoms in total. The maximum Gasteiger partial charge on any atom is 0.253 e. The van der Waals surface area contributed by atoms with Crippen LogP contribution in [0.3, 0.4) is 0 Å². The molecule has 2 aliphatic rings. The van der Waals surface area contributed by atoms with Gasteiger partial charge in [0.05, 0.1) is 24.6 Å². The topological polar surface area (TPSA) is 45.1 Å². The number of methoxy groups -OCH3 is 1. The van der Waals surface area contributed by atoms with E-state index in [1.54, 1.807) is 12.1 Å². The lowest BCUT2D eigenvalue weighted by atomic mass is 9.98. The molecule has 0 aromatic heterocycles. The van der Waals surface area contributed by atoms with Crippen LogP contribution in [0.5, 0.6) is 5.75 Å². The van der Waals surface area contributed by atoms with Crippen molar-refractivity contribution >= 4 is 51.7 Å². The number of rotatable bonds is 5. The smallest absolute Gasteiger partial charge is 0.253 e. The summed E-state index contributed by atoms with van der Waals surface area (Å²) in [4.78, 5) is 15.4. The molecule has 0 N–H and O–H groups in total. The predicted molar refractivity (Wildman–Crippen MR) is 134 cm³/mol. The first-order chi connectivity index (χ1) is 15.2. The summed E-state index contributed by atoms with van der Waals surface area (Å²) in [5.74, 6) is 3.24. The Morgan fingerprint density at radius 1 is 1.16 bits per heavy atom. The molecule has 0 spiro atoms. The fourth-order valence-electron chi connectivity index (χ4n) is 3.66. The maximum absolute atomic E-state index is 13.2. The number of nitrogens with zero attached hydrogens (tertiary/aromatic N) is 3. The van der Waals surface area contributed by atoms with Crippen molar-refractivity contribution < 1.29 is 9.53 Å². The lowest BCUT2D eigenvalue weighted by Gasteiger charge is -2.28. The second-order valence-electron chi connectivity index (χ2n) is 7.30. The number of hydrogen-bond donors (Lipinski definition) is 0. The monoisotopic (exact) mass is 471 g/mol. The van der Waals surface area contributed by atoms with Crippen LogP contribution in [0, 0.1) is 0 Å². The lowest BCUT2D eigenvalue weighted by Crippen LogP contribution is -2.36. The Balaban J connectivity index is 1.50. The Morgan fingerprint density at radius 2 is 1.87 bits per heavy atom. The summed E-state index contributed by atoms with van der Waals surface area (Å²) >= 11 is 8.97. The number of carbonyl (C=O) groups excluding carboxylic acids is 1. The molecular weight excluding hydrogens is 446 g/mol. The van der Waals surface area contributed by atoms with E-state index in [2.05, 4.69) is 4.90 Å². The second kappa shape index (κ2) is 10.5. The first-order valence-electron chi connectivity index (χ1n) is 10.2. The summed E-state index contributed by atoms with van der Waals surface area (Å²) in [6, 6.07) is 17.8. The zero-order valence-corrected chi connectivity index (χ0v) is 19.8. The number of benzene rings is 2. The molecule has 0 unspecified atom stereocenters. The van der Waals surface area contributed by atoms with Gasteiger partial charge < -0.3 is 9.64 Å². The van der Waals surface area contributed by atoms with Crippen LogP contribution in [-0.4, -0.2) is 63.3 Å². The summed E-state index contributed by atoms with van der Waals surface area (Å²) in [5, 5.41) is 6.39. The van der Waals surface area contributed by atoms with Crippen LogP contribution in [0.1, 0.15) is 23.6 Å². The van der Waals surface area contributed by atoms with Crippen LogP contribution in [0.15, 0.2) is 59.7 Å². The van der Waals surface area contributed by atoms with Crippen molar-refractivity contribution in [3.8, 4) is 5.75 Å². The van der Waals surface area contributed by atoms with Crippen molar-refractivity contribution in [1.29, 1.82) is 0 Å². The van der Waals surface area contributed by atoms with Crippen molar-refractivity contribution in [2.24, 2.45) is 5.10 Å². The molecule has 8 heteroatoms. The number of hydrazone groups is 1. The number of thioether (sulfide) groups is 2. The molecule has 1 fully saturated rings. The molecule has 0 radical (unpaired) electrons. The highest BCUT2D eigenvalue weighted by molar-refractivity contribution is 8.23. The maximum atomic E-state index is 13.2. The first kappa shape index (κ1) is 22.2. The van der Waals surface area contributed by atoms with E-state index in [4.69, 9.17) is 22.1 Å². The van der Waals surface area contributed by atoms with Crippen LogP contribution >= 0.6 is 35.7 Å². The van der Waals surface area contributed by atoms with Gasteiger partial charge >= 0.3 is 0 Å². The lowest BCUT2D eigenvalue weighted by molar-refractivity contribution is -0.130. The van der Waals surface area contributed by atoms with E-state index in [9.17, 15) is 4.79 Å². The van der Waals surface area contributed by atoms with Crippen LogP contribution < -0.4 is 4.74 Å². The highest BCUT2D eigenvalue weighted by atomic mass is 32.2. The second-order valence-corrected chi connectivity index (χ2v) is 10.1. The molecule has 4 rings (SSSR count). The Hall–Kier alpha value is -2.03. The molecule has 0 saturated carbocycles. The highest BCUT2D eigenvalue weighted by Gasteiger charge is 2.33. The third kappa shape index (κ3) is 5.42. The summed E-state index contributed by atoms with van der Waals surface area (Å²) in [5.41, 5.74) is 3.02. The number of amides is 1. The van der Waals surface area contributed by atoms with Gasteiger partial charge in [-0.25, -0.2) is 5.01 Å². The molecule has 0 bridgehead atoms. The number of thiocarbonyl (C=S) groups is 1. The van der Waals surface area contributed by atoms with E-state index in [1.807, 2.05) is 66.4 Å². The van der Waals surface area contributed by atoms with E-state index in [0.29, 0.717) is 12.2 Å². The van der Waals surface area contributed by atoms with Crippen molar-refractivity contribution in [3.63, 3.8) is 0 Å². The quantitative estimate of drug-likeness (QED) is 0.601. The minimum Gasteiger partial charge on any atom is -0.497 e. The largest absolute Gasteiger partial charge is 0.497 e. The molecule has 1 atom stereocenters. The molecule has 162 valence electrons. The normalized spacial score (nSPS) is 18.6. The molecule has 2 aromatic rings. The number of hydrogen-bond acceptors (Lipinski definition) is 6. The summed E-state index contributed by atoms with van der Waals surface area (Å²) < 4.78 is 6.09. The van der Waals surface area contributed by atoms with Gasteiger partial charge in [0.2, 0.25) is 0 Å². The number of ether oxygens (including phenoxy) is 1. The van der Waals surface area contributed by atoms with Gasteiger partial charge in [-0.1, -0.05) is 66.4 Å². The van der Waals surface area contributed by atoms with Gasteiger partial charge in [-0.05, 0) is 23.3 Å². The fraction of sp³-hybridized carbons (Fsp3) is 0.348. The van der Waals surface area contributed by atoms with Gasteiger partial charge in [0.15, 0.2) is 0 Å². The van der Waals surface area contributed by atoms with Crippen LogP contribution in [0.2, 0.25) is 0 Å². The SMILES string of the molecule is COc1ccc([C@H]2CC(c3ccccc3)=NN2C(=O)CSC(=S)N2CCSCC2)cc1. The molecular formula is C23H25N3O2S3. The fourth-order valence-corrected chi connectivity index (χ4v) is 5.66. The molecule has 2 aromatic carbocycles. The third-order valence-electron chi connectivity index (χ3n) is 5.36. The van der Waals surface area contributed by atoms with Gasteiger partial charge in [0.25, 0.3) is 5.91 Å². The Kier molecular flexibility index (Phi) is 7.53. The molecule has 1 saturated heterocycles. The van der Waals surface area contributed by atoms with E-state index in [-0.39, 0.29) is 11.9 Å². The van der Waals surface area contributed by atoms with Crippen molar-refractivity contribution in [3.05, 3.63) is 65.7 Å². The Labute approximate surface area is 197 Å². The van der Waals surface area contributed by atoms with Gasteiger partial charge in [-0.2, -0.15) is 16.9 Å². The van der Waals surface area contributed by atoms with Gasteiger partial charge in [0, 0.05) is 31.0 Å². The average Bonchev–Trinajstić information content (AvgIpc) is 3.29. The summed E-state index contributed by atoms with van der Waals surface area (Å²) in [6.07, 6.45) is 0.681. The molecule has 2 aliphatic heterocycles. The predicted octanol–water partition coefficient (Wildman–Crippen LogP) is 4.44. The van der Waals surface area contributed by atoms with Gasteiger partial charge in [0.1, 0.15) is 10.1 Å². The standard InChI is InChI=1S/C23H25N3O2S3/c1-28-19-9-7-18(8-10-19)21-15-20(17-5-3-2-4-6-17)24-26(21)22(27)16-31-23(29)25-11-13-30-14-12-25/h2-10,21H,11-16H2,1H3/t21-/m1/s1. The molecule has 0 aliphatic carbocycles. The van der Waals surface area contributed by atoms with Gasteiger partial charge in [-0.3, -0.25) is 4.79 Å². The molecule has 31 heavy (non-hydrogen) atoms. The van der Waals surface area contributed by atoms with E-state index in [0.717, 1.165) is 51.5 Å². The minimum absolute atomic E-state index is 0.0227. The zero-order chi connectivity index (χ0) is 21.6. The Morgan fingerprint density at radius 3 is 2.55 bits per heavy atom. The van der Waals surface area contributed by atoms with Crippen molar-refractivity contribution in [1.82, 2.24) is 9.91 Å². The molecule has 1 amide bonds.